The summed E-state index contributed by atoms with van der Waals surface area (Å²) >= 11 is 0. The van der Waals surface area contributed by atoms with E-state index in [1.165, 1.54) is 22.7 Å². The van der Waals surface area contributed by atoms with Crippen LogP contribution in [0.1, 0.15) is 29.5 Å². The SMILES string of the molecule is N=Cc1ccc(/C=C/CCCc2ccccc2)c2ccccc12. The van der Waals surface area contributed by atoms with Crippen LogP contribution in [0.5, 0.6) is 0 Å². The lowest BCUT2D eigenvalue weighted by atomic mass is 9.99. The fourth-order valence-corrected chi connectivity index (χ4v) is 2.90. The fraction of sp³-hybridized carbons (Fsp3) is 0.136. The number of rotatable bonds is 6. The van der Waals surface area contributed by atoms with Gasteiger partial charge in [0.25, 0.3) is 0 Å². The molecule has 0 fully saturated rings. The highest BCUT2D eigenvalue weighted by Crippen LogP contribution is 2.23. The highest BCUT2D eigenvalue weighted by molar-refractivity contribution is 6.02. The van der Waals surface area contributed by atoms with Crippen LogP contribution in [0.15, 0.2) is 72.8 Å². The first kappa shape index (κ1) is 15.2. The molecule has 0 aliphatic heterocycles. The average Bonchev–Trinajstić information content (AvgIpc) is 2.62. The van der Waals surface area contributed by atoms with Gasteiger partial charge in [-0.25, -0.2) is 0 Å². The summed E-state index contributed by atoms with van der Waals surface area (Å²) in [7, 11) is 0. The van der Waals surface area contributed by atoms with Gasteiger partial charge in [0.05, 0.1) is 0 Å². The largest absolute Gasteiger partial charge is 0.308 e. The second kappa shape index (κ2) is 7.55. The van der Waals surface area contributed by atoms with Crippen molar-refractivity contribution in [3.05, 3.63) is 89.5 Å². The van der Waals surface area contributed by atoms with Gasteiger partial charge in [-0.2, -0.15) is 0 Å². The van der Waals surface area contributed by atoms with Gasteiger partial charge < -0.3 is 5.41 Å². The number of unbranched alkanes of at least 4 members (excludes halogenated alkanes) is 1. The van der Waals surface area contributed by atoms with E-state index >= 15 is 0 Å². The lowest BCUT2D eigenvalue weighted by Crippen LogP contribution is -1.86. The fourth-order valence-electron chi connectivity index (χ4n) is 2.90. The Morgan fingerprint density at radius 1 is 0.739 bits per heavy atom. The normalized spacial score (nSPS) is 11.1. The van der Waals surface area contributed by atoms with Crippen LogP contribution in [0.25, 0.3) is 16.8 Å². The van der Waals surface area contributed by atoms with Gasteiger partial charge in [0.1, 0.15) is 0 Å². The molecule has 3 rings (SSSR count). The van der Waals surface area contributed by atoms with Crippen LogP contribution < -0.4 is 0 Å². The van der Waals surface area contributed by atoms with E-state index in [0.717, 1.165) is 30.2 Å². The van der Waals surface area contributed by atoms with Gasteiger partial charge in [0.15, 0.2) is 0 Å². The second-order valence-corrected chi connectivity index (χ2v) is 5.71. The molecule has 0 unspecified atom stereocenters. The number of hydrogen-bond donors (Lipinski definition) is 1. The summed E-state index contributed by atoms with van der Waals surface area (Å²) in [6, 6.07) is 23.1. The van der Waals surface area contributed by atoms with Crippen molar-refractivity contribution < 1.29 is 0 Å². The number of benzene rings is 3. The molecule has 0 spiro atoms. The predicted octanol–water partition coefficient (Wildman–Crippen LogP) is 5.87. The number of aryl methyl sites for hydroxylation is 1. The lowest BCUT2D eigenvalue weighted by molar-refractivity contribution is 0.845. The Morgan fingerprint density at radius 3 is 2.13 bits per heavy atom. The Hall–Kier alpha value is -2.67. The minimum Gasteiger partial charge on any atom is -0.308 e. The smallest absolute Gasteiger partial charge is 0.0256 e. The monoisotopic (exact) mass is 299 g/mol. The van der Waals surface area contributed by atoms with Gasteiger partial charge in [-0.15, -0.1) is 0 Å². The van der Waals surface area contributed by atoms with Crippen LogP contribution in [-0.4, -0.2) is 6.21 Å². The third kappa shape index (κ3) is 3.75. The van der Waals surface area contributed by atoms with Gasteiger partial charge in [-0.3, -0.25) is 0 Å². The zero-order valence-corrected chi connectivity index (χ0v) is 13.2. The molecule has 114 valence electrons. The Balaban J connectivity index is 1.68. The van der Waals surface area contributed by atoms with Crippen molar-refractivity contribution in [3.8, 4) is 0 Å². The maximum Gasteiger partial charge on any atom is 0.0256 e. The van der Waals surface area contributed by atoms with Crippen LogP contribution in [-0.2, 0) is 6.42 Å². The Morgan fingerprint density at radius 2 is 1.39 bits per heavy atom. The summed E-state index contributed by atoms with van der Waals surface area (Å²) in [6.45, 7) is 0. The molecule has 0 radical (unpaired) electrons. The number of fused-ring (bicyclic) bond motifs is 1. The second-order valence-electron chi connectivity index (χ2n) is 5.71. The first-order valence-corrected chi connectivity index (χ1v) is 8.11. The van der Waals surface area contributed by atoms with Crippen molar-refractivity contribution in [2.24, 2.45) is 0 Å². The van der Waals surface area contributed by atoms with Crippen molar-refractivity contribution in [2.75, 3.05) is 0 Å². The summed E-state index contributed by atoms with van der Waals surface area (Å²) in [5.74, 6) is 0. The minimum absolute atomic E-state index is 0.974. The van der Waals surface area contributed by atoms with Gasteiger partial charge >= 0.3 is 0 Å². The summed E-state index contributed by atoms with van der Waals surface area (Å²) in [5, 5.41) is 9.89. The maximum atomic E-state index is 7.53. The summed E-state index contributed by atoms with van der Waals surface area (Å²) in [5.41, 5.74) is 3.61. The van der Waals surface area contributed by atoms with Crippen LogP contribution in [0.2, 0.25) is 0 Å². The van der Waals surface area contributed by atoms with Crippen molar-refractivity contribution in [3.63, 3.8) is 0 Å². The molecular formula is C22H21N. The molecule has 0 aliphatic carbocycles. The summed E-state index contributed by atoms with van der Waals surface area (Å²) < 4.78 is 0. The molecule has 0 bridgehead atoms. The van der Waals surface area contributed by atoms with Gasteiger partial charge in [0, 0.05) is 6.21 Å². The van der Waals surface area contributed by atoms with E-state index < -0.39 is 0 Å². The van der Waals surface area contributed by atoms with Crippen LogP contribution in [0, 0.1) is 5.41 Å². The molecule has 0 atom stereocenters. The molecule has 0 aromatic heterocycles. The molecule has 0 saturated carbocycles. The van der Waals surface area contributed by atoms with E-state index in [1.54, 1.807) is 0 Å². The minimum atomic E-state index is 0.974. The molecule has 23 heavy (non-hydrogen) atoms. The van der Waals surface area contributed by atoms with E-state index in [1.807, 2.05) is 12.1 Å². The molecule has 1 nitrogen and oxygen atoms in total. The first-order valence-electron chi connectivity index (χ1n) is 8.11. The summed E-state index contributed by atoms with van der Waals surface area (Å²) in [6.07, 6.45) is 9.26. The van der Waals surface area contributed by atoms with Gasteiger partial charge in [0.2, 0.25) is 0 Å². The molecular weight excluding hydrogens is 278 g/mol. The Labute approximate surface area is 137 Å². The van der Waals surface area contributed by atoms with E-state index in [4.69, 9.17) is 5.41 Å². The molecule has 0 aliphatic rings. The predicted molar refractivity (Wildman–Crippen MR) is 100 cm³/mol. The maximum absolute atomic E-state index is 7.53. The highest BCUT2D eigenvalue weighted by atomic mass is 14.3. The Kier molecular flexibility index (Phi) is 5.00. The third-order valence-electron chi connectivity index (χ3n) is 4.12. The number of nitrogens with one attached hydrogen (secondary N) is 1. The first-order chi connectivity index (χ1) is 11.4. The van der Waals surface area contributed by atoms with E-state index in [2.05, 4.69) is 66.7 Å². The average molecular weight is 299 g/mol. The number of hydrogen-bond acceptors (Lipinski definition) is 1. The van der Waals surface area contributed by atoms with Crippen molar-refractivity contribution in [1.82, 2.24) is 0 Å². The molecule has 3 aromatic carbocycles. The van der Waals surface area contributed by atoms with Crippen LogP contribution in [0.3, 0.4) is 0 Å². The molecule has 1 N–H and O–H groups in total. The quantitative estimate of drug-likeness (QED) is 0.434. The number of allylic oxidation sites excluding steroid dienone is 1. The molecule has 0 amide bonds. The van der Waals surface area contributed by atoms with Gasteiger partial charge in [-0.1, -0.05) is 78.9 Å². The van der Waals surface area contributed by atoms with Crippen LogP contribution in [0.4, 0.5) is 0 Å². The van der Waals surface area contributed by atoms with E-state index in [-0.39, 0.29) is 0 Å². The molecule has 1 heteroatoms. The van der Waals surface area contributed by atoms with Crippen molar-refractivity contribution in [1.29, 1.82) is 5.41 Å². The van der Waals surface area contributed by atoms with Gasteiger partial charge in [-0.05, 0) is 46.7 Å². The molecule has 0 heterocycles. The Bertz CT molecular complexity index is 816. The molecule has 3 aromatic rings. The van der Waals surface area contributed by atoms with Crippen molar-refractivity contribution in [2.45, 2.75) is 19.3 Å². The van der Waals surface area contributed by atoms with Crippen molar-refractivity contribution >= 4 is 23.1 Å². The van der Waals surface area contributed by atoms with E-state index in [9.17, 15) is 0 Å². The highest BCUT2D eigenvalue weighted by Gasteiger charge is 2.01. The third-order valence-corrected chi connectivity index (χ3v) is 4.12. The zero-order chi connectivity index (χ0) is 15.9. The standard InChI is InChI=1S/C22H21N/c23-17-20-16-15-19(21-13-7-8-14-22(20)21)12-6-2-5-11-18-9-3-1-4-10-18/h1,3-4,6-10,12-17,23H,2,5,11H2/b12-6+,23-17?. The topological polar surface area (TPSA) is 23.9 Å². The zero-order valence-electron chi connectivity index (χ0n) is 13.2. The van der Waals surface area contributed by atoms with Crippen LogP contribution >= 0.6 is 0 Å². The molecule has 0 saturated heterocycles. The lowest BCUT2D eigenvalue weighted by Gasteiger charge is -2.05. The van der Waals surface area contributed by atoms with E-state index in [0.29, 0.717) is 0 Å². The summed E-state index contributed by atoms with van der Waals surface area (Å²) in [4.78, 5) is 0.